The van der Waals surface area contributed by atoms with Crippen LogP contribution in [0.4, 0.5) is 3.89 Å². The first-order valence-corrected chi connectivity index (χ1v) is 6.51. The SMILES string of the molecule is C=CS(=O)(=O)F.CCOC(=O)c1cccs1. The van der Waals surface area contributed by atoms with Crippen LogP contribution < -0.4 is 0 Å². The van der Waals surface area contributed by atoms with Gasteiger partial charge in [-0.2, -0.15) is 8.42 Å². The topological polar surface area (TPSA) is 60.4 Å². The number of hydrogen-bond acceptors (Lipinski definition) is 5. The Bertz CT molecular complexity index is 411. The Hall–Kier alpha value is -1.21. The van der Waals surface area contributed by atoms with Gasteiger partial charge in [-0.05, 0) is 18.4 Å². The quantitative estimate of drug-likeness (QED) is 0.622. The van der Waals surface area contributed by atoms with Gasteiger partial charge in [-0.15, -0.1) is 15.2 Å². The monoisotopic (exact) mass is 266 g/mol. The summed E-state index contributed by atoms with van der Waals surface area (Å²) >= 11 is 1.40. The molecule has 1 rings (SSSR count). The van der Waals surface area contributed by atoms with E-state index < -0.39 is 10.2 Å². The molecule has 7 heteroatoms. The van der Waals surface area contributed by atoms with E-state index >= 15 is 0 Å². The second-order valence-corrected chi connectivity index (χ2v) is 4.57. The Kier molecular flexibility index (Phi) is 6.59. The number of carbonyl (C=O) groups excluding carboxylic acids is 1. The van der Waals surface area contributed by atoms with E-state index in [2.05, 4.69) is 6.58 Å². The number of ether oxygens (including phenoxy) is 1. The Morgan fingerprint density at radius 1 is 1.69 bits per heavy atom. The maximum absolute atomic E-state index is 11.0. The van der Waals surface area contributed by atoms with Gasteiger partial charge in [0.25, 0.3) is 0 Å². The van der Waals surface area contributed by atoms with Gasteiger partial charge in [-0.25, -0.2) is 4.79 Å². The zero-order chi connectivity index (χ0) is 12.6. The molecule has 0 saturated carbocycles. The standard InChI is InChI=1S/C7H8O2S.C2H3FO2S/c1-2-9-7(8)6-4-3-5-10-6;1-2-6(3,4)5/h3-5H,2H2,1H3;2H,1H2. The fourth-order valence-corrected chi connectivity index (χ4v) is 1.21. The van der Waals surface area contributed by atoms with Crippen LogP contribution in [-0.4, -0.2) is 21.0 Å². The fourth-order valence-electron chi connectivity index (χ4n) is 0.597. The van der Waals surface area contributed by atoms with E-state index in [-0.39, 0.29) is 11.4 Å². The fraction of sp³-hybridized carbons (Fsp3) is 0.222. The van der Waals surface area contributed by atoms with E-state index in [1.165, 1.54) is 11.3 Å². The Morgan fingerprint density at radius 2 is 2.25 bits per heavy atom. The van der Waals surface area contributed by atoms with Crippen LogP contribution in [0.5, 0.6) is 0 Å². The first kappa shape index (κ1) is 14.8. The molecule has 0 aliphatic heterocycles. The summed E-state index contributed by atoms with van der Waals surface area (Å²) in [5.41, 5.74) is 0. The number of hydrogen-bond donors (Lipinski definition) is 0. The molecule has 0 amide bonds. The van der Waals surface area contributed by atoms with Crippen molar-refractivity contribution in [2.45, 2.75) is 6.92 Å². The molecule has 1 heterocycles. The smallest absolute Gasteiger partial charge is 0.348 e. The van der Waals surface area contributed by atoms with E-state index in [4.69, 9.17) is 4.74 Å². The highest BCUT2D eigenvalue weighted by Gasteiger charge is 2.04. The number of esters is 1. The largest absolute Gasteiger partial charge is 0.462 e. The molecule has 0 unspecified atom stereocenters. The molecule has 4 nitrogen and oxygen atoms in total. The van der Waals surface area contributed by atoms with Crippen molar-refractivity contribution in [1.82, 2.24) is 0 Å². The van der Waals surface area contributed by atoms with Crippen molar-refractivity contribution in [3.05, 3.63) is 34.4 Å². The number of halogens is 1. The molecule has 0 bridgehead atoms. The highest BCUT2D eigenvalue weighted by molar-refractivity contribution is 7.89. The van der Waals surface area contributed by atoms with Gasteiger partial charge in [0.1, 0.15) is 4.88 Å². The normalized spacial score (nSPS) is 9.88. The van der Waals surface area contributed by atoms with E-state index in [9.17, 15) is 17.1 Å². The van der Waals surface area contributed by atoms with E-state index in [0.29, 0.717) is 11.5 Å². The lowest BCUT2D eigenvalue weighted by Crippen LogP contribution is -2.01. The van der Waals surface area contributed by atoms with E-state index in [1.807, 2.05) is 11.4 Å². The number of thiophene rings is 1. The summed E-state index contributed by atoms with van der Waals surface area (Å²) in [5.74, 6) is -0.225. The third-order valence-corrected chi connectivity index (χ3v) is 2.44. The molecule has 0 radical (unpaired) electrons. The highest BCUT2D eigenvalue weighted by Crippen LogP contribution is 2.09. The van der Waals surface area contributed by atoms with Crippen LogP contribution in [0.25, 0.3) is 0 Å². The van der Waals surface area contributed by atoms with Crippen LogP contribution in [0.1, 0.15) is 16.6 Å². The minimum Gasteiger partial charge on any atom is -0.462 e. The molecule has 0 atom stereocenters. The Labute approximate surface area is 97.6 Å². The van der Waals surface area contributed by atoms with Crippen molar-refractivity contribution in [3.63, 3.8) is 0 Å². The molecule has 1 aromatic heterocycles. The van der Waals surface area contributed by atoms with Gasteiger partial charge in [0.05, 0.1) is 12.0 Å². The second kappa shape index (κ2) is 7.13. The second-order valence-electron chi connectivity index (χ2n) is 2.34. The van der Waals surface area contributed by atoms with Crippen molar-refractivity contribution in [1.29, 1.82) is 0 Å². The molecule has 0 spiro atoms. The van der Waals surface area contributed by atoms with Crippen molar-refractivity contribution in [2.75, 3.05) is 6.61 Å². The van der Waals surface area contributed by atoms with Gasteiger partial charge in [0, 0.05) is 0 Å². The zero-order valence-electron chi connectivity index (χ0n) is 8.55. The van der Waals surface area contributed by atoms with Crippen molar-refractivity contribution in [2.24, 2.45) is 0 Å². The van der Waals surface area contributed by atoms with Crippen LogP contribution in [0.3, 0.4) is 0 Å². The van der Waals surface area contributed by atoms with Crippen molar-refractivity contribution in [3.8, 4) is 0 Å². The lowest BCUT2D eigenvalue weighted by Gasteiger charge is -1.95. The highest BCUT2D eigenvalue weighted by atomic mass is 32.3. The van der Waals surface area contributed by atoms with Crippen LogP contribution in [0.15, 0.2) is 29.5 Å². The Morgan fingerprint density at radius 3 is 2.56 bits per heavy atom. The van der Waals surface area contributed by atoms with Crippen LogP contribution >= 0.6 is 11.3 Å². The van der Waals surface area contributed by atoms with Crippen LogP contribution in [0.2, 0.25) is 0 Å². The van der Waals surface area contributed by atoms with Gasteiger partial charge in [-0.1, -0.05) is 12.6 Å². The molecule has 90 valence electrons. The maximum atomic E-state index is 11.0. The summed E-state index contributed by atoms with van der Waals surface area (Å²) in [5, 5.41) is 2.10. The molecule has 0 aromatic carbocycles. The molecule has 0 saturated heterocycles. The Balaban J connectivity index is 0.000000325. The predicted molar refractivity (Wildman–Crippen MR) is 60.5 cm³/mol. The minimum atomic E-state index is -4.40. The number of carbonyl (C=O) groups is 1. The molecular weight excluding hydrogens is 255 g/mol. The molecule has 16 heavy (non-hydrogen) atoms. The third kappa shape index (κ3) is 7.13. The zero-order valence-corrected chi connectivity index (χ0v) is 10.2. The summed E-state index contributed by atoms with van der Waals surface area (Å²) in [4.78, 5) is 11.6. The summed E-state index contributed by atoms with van der Waals surface area (Å²) in [6.07, 6.45) is 0. The molecule has 0 fully saturated rings. The van der Waals surface area contributed by atoms with Gasteiger partial charge in [0.2, 0.25) is 0 Å². The summed E-state index contributed by atoms with van der Waals surface area (Å²) in [6.45, 7) is 4.91. The molecular formula is C9H11FO4S2. The predicted octanol–water partition coefficient (Wildman–Crippen LogP) is 2.35. The summed E-state index contributed by atoms with van der Waals surface area (Å²) in [6, 6.07) is 3.58. The number of rotatable bonds is 3. The molecule has 0 N–H and O–H groups in total. The maximum Gasteiger partial charge on any atom is 0.348 e. The van der Waals surface area contributed by atoms with Crippen molar-refractivity contribution >= 4 is 27.5 Å². The van der Waals surface area contributed by atoms with E-state index in [0.717, 1.165) is 0 Å². The van der Waals surface area contributed by atoms with Gasteiger partial charge in [0.15, 0.2) is 0 Å². The summed E-state index contributed by atoms with van der Waals surface area (Å²) in [7, 11) is -4.40. The van der Waals surface area contributed by atoms with Gasteiger partial charge in [-0.3, -0.25) is 0 Å². The first-order valence-electron chi connectivity index (χ1n) is 4.18. The van der Waals surface area contributed by atoms with E-state index in [1.54, 1.807) is 13.0 Å². The lowest BCUT2D eigenvalue weighted by molar-refractivity contribution is 0.0532. The third-order valence-electron chi connectivity index (χ3n) is 1.20. The summed E-state index contributed by atoms with van der Waals surface area (Å²) < 4.78 is 34.2. The lowest BCUT2D eigenvalue weighted by atomic mass is 10.5. The molecule has 0 aliphatic carbocycles. The average Bonchev–Trinajstić information content (AvgIpc) is 2.71. The van der Waals surface area contributed by atoms with Gasteiger partial charge >= 0.3 is 16.2 Å². The minimum absolute atomic E-state index is 0.225. The van der Waals surface area contributed by atoms with Crippen LogP contribution in [-0.2, 0) is 15.0 Å². The van der Waals surface area contributed by atoms with Crippen molar-refractivity contribution < 1.29 is 21.8 Å². The van der Waals surface area contributed by atoms with Gasteiger partial charge < -0.3 is 4.74 Å². The first-order chi connectivity index (χ1) is 7.40. The van der Waals surface area contributed by atoms with Crippen LogP contribution in [0, 0.1) is 0 Å². The molecule has 1 aromatic rings. The average molecular weight is 266 g/mol. The molecule has 0 aliphatic rings.